The summed E-state index contributed by atoms with van der Waals surface area (Å²) in [5.74, 6) is -0.343. The molecule has 2 aromatic carbocycles. The maximum atomic E-state index is 11.9. The molecule has 0 bridgehead atoms. The van der Waals surface area contributed by atoms with Gasteiger partial charge in [0, 0.05) is 22.2 Å². The van der Waals surface area contributed by atoms with Crippen molar-refractivity contribution in [2.45, 2.75) is 12.5 Å². The van der Waals surface area contributed by atoms with E-state index < -0.39 is 6.04 Å². The van der Waals surface area contributed by atoms with Crippen LogP contribution in [0.5, 0.6) is 0 Å². The Kier molecular flexibility index (Phi) is 5.48. The molecule has 0 heterocycles. The standard InChI is InChI=1S/C16H15Cl2NO2/c1-21-16(20)15(19-13-5-3-2-4-6-13)9-11-7-8-12(17)10-14(11)18/h2-8,10,15,19H,9H2,1H3. The van der Waals surface area contributed by atoms with Gasteiger partial charge in [-0.3, -0.25) is 0 Å². The Hall–Kier alpha value is -1.71. The van der Waals surface area contributed by atoms with E-state index in [1.165, 1.54) is 7.11 Å². The fourth-order valence-electron chi connectivity index (χ4n) is 1.98. The van der Waals surface area contributed by atoms with Gasteiger partial charge in [0.25, 0.3) is 0 Å². The van der Waals surface area contributed by atoms with Gasteiger partial charge in [0.1, 0.15) is 6.04 Å². The summed E-state index contributed by atoms with van der Waals surface area (Å²) in [6, 6.07) is 14.2. The van der Waals surface area contributed by atoms with Crippen LogP contribution in [0.4, 0.5) is 5.69 Å². The van der Waals surface area contributed by atoms with Crippen LogP contribution in [-0.2, 0) is 16.0 Å². The minimum Gasteiger partial charge on any atom is -0.467 e. The van der Waals surface area contributed by atoms with Gasteiger partial charge in [-0.05, 0) is 29.8 Å². The third-order valence-corrected chi connectivity index (χ3v) is 3.63. The van der Waals surface area contributed by atoms with Gasteiger partial charge < -0.3 is 10.1 Å². The highest BCUT2D eigenvalue weighted by Gasteiger charge is 2.20. The van der Waals surface area contributed by atoms with Crippen LogP contribution < -0.4 is 5.32 Å². The molecule has 0 saturated carbocycles. The number of ether oxygens (including phenoxy) is 1. The smallest absolute Gasteiger partial charge is 0.328 e. The van der Waals surface area contributed by atoms with Crippen LogP contribution in [0, 0.1) is 0 Å². The SMILES string of the molecule is COC(=O)C(Cc1ccc(Cl)cc1Cl)Nc1ccccc1. The van der Waals surface area contributed by atoms with Crippen LogP contribution in [0.3, 0.4) is 0 Å². The third-order valence-electron chi connectivity index (χ3n) is 3.04. The Bertz CT molecular complexity index is 617. The van der Waals surface area contributed by atoms with Gasteiger partial charge in [-0.2, -0.15) is 0 Å². The minimum absolute atomic E-state index is 0.343. The van der Waals surface area contributed by atoms with Crippen LogP contribution in [0.2, 0.25) is 10.0 Å². The average Bonchev–Trinajstić information content (AvgIpc) is 2.49. The highest BCUT2D eigenvalue weighted by atomic mass is 35.5. The molecule has 2 rings (SSSR count). The second-order valence-corrected chi connectivity index (χ2v) is 5.37. The van der Waals surface area contributed by atoms with Crippen LogP contribution in [0.15, 0.2) is 48.5 Å². The average molecular weight is 324 g/mol. The number of methoxy groups -OCH3 is 1. The van der Waals surface area contributed by atoms with Crippen molar-refractivity contribution >= 4 is 34.9 Å². The second kappa shape index (κ2) is 7.34. The first-order chi connectivity index (χ1) is 10.1. The summed E-state index contributed by atoms with van der Waals surface area (Å²) in [5, 5.41) is 4.25. The number of para-hydroxylation sites is 1. The number of hydrogen-bond donors (Lipinski definition) is 1. The lowest BCUT2D eigenvalue weighted by molar-refractivity contribution is -0.141. The zero-order valence-electron chi connectivity index (χ0n) is 11.5. The topological polar surface area (TPSA) is 38.3 Å². The molecule has 2 aromatic rings. The molecular formula is C16H15Cl2NO2. The normalized spacial score (nSPS) is 11.8. The molecule has 3 nitrogen and oxygen atoms in total. The van der Waals surface area contributed by atoms with Gasteiger partial charge in [0.15, 0.2) is 0 Å². The van der Waals surface area contributed by atoms with Crippen molar-refractivity contribution < 1.29 is 9.53 Å². The molecule has 5 heteroatoms. The quantitative estimate of drug-likeness (QED) is 0.838. The van der Waals surface area contributed by atoms with Crippen LogP contribution in [0.25, 0.3) is 0 Å². The van der Waals surface area contributed by atoms with Crippen molar-refractivity contribution in [1.82, 2.24) is 0 Å². The van der Waals surface area contributed by atoms with Crippen molar-refractivity contribution in [2.24, 2.45) is 0 Å². The Labute approximate surface area is 133 Å². The van der Waals surface area contributed by atoms with E-state index in [1.54, 1.807) is 12.1 Å². The maximum absolute atomic E-state index is 11.9. The van der Waals surface area contributed by atoms with E-state index in [4.69, 9.17) is 27.9 Å². The van der Waals surface area contributed by atoms with E-state index in [-0.39, 0.29) is 5.97 Å². The number of carbonyl (C=O) groups is 1. The van der Waals surface area contributed by atoms with Crippen LogP contribution >= 0.6 is 23.2 Å². The molecule has 0 aromatic heterocycles. The summed E-state index contributed by atoms with van der Waals surface area (Å²) in [7, 11) is 1.37. The Morgan fingerprint density at radius 1 is 1.19 bits per heavy atom. The molecule has 1 unspecified atom stereocenters. The van der Waals surface area contributed by atoms with Gasteiger partial charge in [-0.15, -0.1) is 0 Å². The Morgan fingerprint density at radius 2 is 1.90 bits per heavy atom. The number of carbonyl (C=O) groups excluding carboxylic acids is 1. The largest absolute Gasteiger partial charge is 0.467 e. The van der Waals surface area contributed by atoms with Crippen molar-refractivity contribution in [3.05, 3.63) is 64.1 Å². The molecule has 0 spiro atoms. The lowest BCUT2D eigenvalue weighted by Gasteiger charge is -2.18. The molecule has 110 valence electrons. The van der Waals surface area contributed by atoms with E-state index >= 15 is 0 Å². The van der Waals surface area contributed by atoms with Crippen molar-refractivity contribution in [3.8, 4) is 0 Å². The lowest BCUT2D eigenvalue weighted by Crippen LogP contribution is -2.32. The summed E-state index contributed by atoms with van der Waals surface area (Å²) in [6.45, 7) is 0. The minimum atomic E-state index is -0.518. The van der Waals surface area contributed by atoms with E-state index in [2.05, 4.69) is 5.32 Å². The molecule has 0 radical (unpaired) electrons. The first kappa shape index (κ1) is 15.7. The van der Waals surface area contributed by atoms with E-state index in [1.807, 2.05) is 36.4 Å². The van der Waals surface area contributed by atoms with E-state index in [0.717, 1.165) is 11.3 Å². The predicted molar refractivity (Wildman–Crippen MR) is 86.0 cm³/mol. The molecule has 0 saturated heterocycles. The number of hydrogen-bond acceptors (Lipinski definition) is 3. The van der Waals surface area contributed by atoms with Crippen molar-refractivity contribution in [1.29, 1.82) is 0 Å². The number of rotatable bonds is 5. The number of benzene rings is 2. The lowest BCUT2D eigenvalue weighted by atomic mass is 10.1. The Balaban J connectivity index is 2.18. The first-order valence-electron chi connectivity index (χ1n) is 6.43. The number of halogens is 2. The Morgan fingerprint density at radius 3 is 2.52 bits per heavy atom. The molecule has 1 N–H and O–H groups in total. The fraction of sp³-hybridized carbons (Fsp3) is 0.188. The molecule has 0 aliphatic rings. The number of anilines is 1. The molecule has 0 aliphatic carbocycles. The molecule has 0 amide bonds. The maximum Gasteiger partial charge on any atom is 0.328 e. The summed E-state index contributed by atoms with van der Waals surface area (Å²) in [6.07, 6.45) is 0.414. The highest BCUT2D eigenvalue weighted by molar-refractivity contribution is 6.35. The number of nitrogens with one attached hydrogen (secondary N) is 1. The molecule has 1 atom stereocenters. The van der Waals surface area contributed by atoms with Gasteiger partial charge in [0.2, 0.25) is 0 Å². The van der Waals surface area contributed by atoms with E-state index in [9.17, 15) is 4.79 Å². The van der Waals surface area contributed by atoms with Crippen LogP contribution in [0.1, 0.15) is 5.56 Å². The molecule has 0 aliphatic heterocycles. The second-order valence-electron chi connectivity index (χ2n) is 4.53. The zero-order valence-corrected chi connectivity index (χ0v) is 13.0. The molecular weight excluding hydrogens is 309 g/mol. The highest BCUT2D eigenvalue weighted by Crippen LogP contribution is 2.23. The van der Waals surface area contributed by atoms with Gasteiger partial charge >= 0.3 is 5.97 Å². The summed E-state index contributed by atoms with van der Waals surface area (Å²) in [4.78, 5) is 11.9. The first-order valence-corrected chi connectivity index (χ1v) is 7.19. The predicted octanol–water partition coefficient (Wildman–Crippen LogP) is 4.19. The summed E-state index contributed by atoms with van der Waals surface area (Å²) in [5.41, 5.74) is 1.68. The van der Waals surface area contributed by atoms with E-state index in [0.29, 0.717) is 16.5 Å². The monoisotopic (exact) mass is 323 g/mol. The summed E-state index contributed by atoms with van der Waals surface area (Å²) < 4.78 is 4.85. The fourth-order valence-corrected chi connectivity index (χ4v) is 2.46. The van der Waals surface area contributed by atoms with Crippen molar-refractivity contribution in [3.63, 3.8) is 0 Å². The van der Waals surface area contributed by atoms with Gasteiger partial charge in [-0.25, -0.2) is 4.79 Å². The molecule has 0 fully saturated rings. The van der Waals surface area contributed by atoms with Gasteiger partial charge in [0.05, 0.1) is 7.11 Å². The zero-order chi connectivity index (χ0) is 15.2. The third kappa shape index (κ3) is 4.38. The van der Waals surface area contributed by atoms with Crippen molar-refractivity contribution in [2.75, 3.05) is 12.4 Å². The van der Waals surface area contributed by atoms with Crippen LogP contribution in [-0.4, -0.2) is 19.1 Å². The summed E-state index contributed by atoms with van der Waals surface area (Å²) >= 11 is 12.0. The molecule has 21 heavy (non-hydrogen) atoms. The van der Waals surface area contributed by atoms with Gasteiger partial charge in [-0.1, -0.05) is 47.5 Å². The number of esters is 1.